The maximum atomic E-state index is 13.6. The molecule has 0 aliphatic carbocycles. The maximum absolute atomic E-state index is 13.6. The highest BCUT2D eigenvalue weighted by atomic mass is 35.5. The van der Waals surface area contributed by atoms with Gasteiger partial charge in [0.05, 0.1) is 0 Å². The van der Waals surface area contributed by atoms with Crippen LogP contribution in [0, 0.1) is 0 Å². The standard InChI is InChI=1S/C28H40Cl2N4O7/c1-27(2,3)40-25(37)31-15-23(35)32-19-14-22(34(16-19)26(38)41-28(4,5)6)24(36)33-9-7-20(8-10-33)39-21-12-17(29)11-18(30)13-21/h11-13,19-20,22H,7-10,14-16H2,1-6H3,(H,31,37)(H,32,35)/t19?,22-/m1/s1. The first-order valence-electron chi connectivity index (χ1n) is 13.7. The number of amides is 4. The fourth-order valence-electron chi connectivity index (χ4n) is 4.64. The van der Waals surface area contributed by atoms with Crippen molar-refractivity contribution in [1.82, 2.24) is 20.4 Å². The van der Waals surface area contributed by atoms with Gasteiger partial charge in [-0.3, -0.25) is 14.5 Å². The average molecular weight is 616 g/mol. The smallest absolute Gasteiger partial charge is 0.411 e. The van der Waals surface area contributed by atoms with Crippen molar-refractivity contribution in [3.63, 3.8) is 0 Å². The number of piperidine rings is 1. The van der Waals surface area contributed by atoms with E-state index in [1.54, 1.807) is 64.6 Å². The summed E-state index contributed by atoms with van der Waals surface area (Å²) in [5.41, 5.74) is -1.46. The first-order chi connectivity index (χ1) is 19.0. The molecule has 2 atom stereocenters. The fourth-order valence-corrected chi connectivity index (χ4v) is 5.14. The van der Waals surface area contributed by atoms with E-state index in [0.717, 1.165) is 0 Å². The molecule has 4 amide bonds. The van der Waals surface area contributed by atoms with E-state index in [4.69, 9.17) is 37.4 Å². The number of carbonyl (C=O) groups is 4. The van der Waals surface area contributed by atoms with Gasteiger partial charge in [0.15, 0.2) is 0 Å². The number of likely N-dealkylation sites (tertiary alicyclic amines) is 2. The highest BCUT2D eigenvalue weighted by molar-refractivity contribution is 6.34. The van der Waals surface area contributed by atoms with Gasteiger partial charge in [0.1, 0.15) is 35.6 Å². The normalized spacial score (nSPS) is 19.9. The van der Waals surface area contributed by atoms with E-state index < -0.39 is 41.4 Å². The van der Waals surface area contributed by atoms with E-state index in [0.29, 0.717) is 41.7 Å². The number of rotatable bonds is 6. The zero-order valence-electron chi connectivity index (χ0n) is 24.4. The molecule has 2 fully saturated rings. The summed E-state index contributed by atoms with van der Waals surface area (Å²) in [7, 11) is 0. The van der Waals surface area contributed by atoms with E-state index in [9.17, 15) is 19.2 Å². The summed E-state index contributed by atoms with van der Waals surface area (Å²) in [5, 5.41) is 6.17. The molecule has 1 aromatic carbocycles. The monoisotopic (exact) mass is 614 g/mol. The number of ether oxygens (including phenoxy) is 3. The van der Waals surface area contributed by atoms with Crippen LogP contribution in [0.25, 0.3) is 0 Å². The third kappa shape index (κ3) is 10.5. The van der Waals surface area contributed by atoms with Gasteiger partial charge in [0.25, 0.3) is 0 Å². The lowest BCUT2D eigenvalue weighted by molar-refractivity contribution is -0.137. The Kier molecular flexibility index (Phi) is 10.6. The summed E-state index contributed by atoms with van der Waals surface area (Å²) in [4.78, 5) is 54.2. The Morgan fingerprint density at radius 2 is 1.51 bits per heavy atom. The predicted molar refractivity (Wildman–Crippen MR) is 154 cm³/mol. The van der Waals surface area contributed by atoms with Crippen molar-refractivity contribution >= 4 is 47.2 Å². The molecule has 0 aromatic heterocycles. The van der Waals surface area contributed by atoms with Gasteiger partial charge in [0, 0.05) is 48.6 Å². The van der Waals surface area contributed by atoms with Crippen LogP contribution in [-0.2, 0) is 19.1 Å². The van der Waals surface area contributed by atoms with Crippen molar-refractivity contribution in [2.24, 2.45) is 0 Å². The zero-order chi connectivity index (χ0) is 30.5. The second kappa shape index (κ2) is 13.4. The molecule has 0 bridgehead atoms. The quantitative estimate of drug-likeness (QED) is 0.487. The molecule has 3 rings (SSSR count). The number of nitrogens with one attached hydrogen (secondary N) is 2. The van der Waals surface area contributed by atoms with Gasteiger partial charge in [0.2, 0.25) is 11.8 Å². The van der Waals surface area contributed by atoms with Crippen molar-refractivity contribution in [2.75, 3.05) is 26.2 Å². The number of nitrogens with zero attached hydrogens (tertiary/aromatic N) is 2. The minimum atomic E-state index is -0.807. The Hall–Kier alpha value is -2.92. The highest BCUT2D eigenvalue weighted by Crippen LogP contribution is 2.28. The molecule has 2 heterocycles. The molecule has 2 aliphatic rings. The van der Waals surface area contributed by atoms with Crippen LogP contribution in [0.3, 0.4) is 0 Å². The molecule has 228 valence electrons. The first-order valence-corrected chi connectivity index (χ1v) is 14.4. The fraction of sp³-hybridized carbons (Fsp3) is 0.643. The number of benzene rings is 1. The number of hydrogen-bond donors (Lipinski definition) is 2. The molecule has 0 radical (unpaired) electrons. The van der Waals surface area contributed by atoms with Crippen molar-refractivity contribution in [1.29, 1.82) is 0 Å². The molecule has 0 spiro atoms. The molecule has 41 heavy (non-hydrogen) atoms. The Balaban J connectivity index is 1.60. The van der Waals surface area contributed by atoms with Gasteiger partial charge >= 0.3 is 12.2 Å². The summed E-state index contributed by atoms with van der Waals surface area (Å²) in [6.07, 6.45) is -0.0717. The predicted octanol–water partition coefficient (Wildman–Crippen LogP) is 4.38. The van der Waals surface area contributed by atoms with Crippen LogP contribution in [0.2, 0.25) is 10.0 Å². The van der Waals surface area contributed by atoms with Gasteiger partial charge in [-0.05, 0) is 66.2 Å². The Bertz CT molecular complexity index is 1110. The molecule has 2 aliphatic heterocycles. The van der Waals surface area contributed by atoms with Gasteiger partial charge in [-0.25, -0.2) is 9.59 Å². The third-order valence-corrected chi connectivity index (χ3v) is 6.70. The van der Waals surface area contributed by atoms with E-state index in [1.165, 1.54) is 4.90 Å². The lowest BCUT2D eigenvalue weighted by Crippen LogP contribution is -2.51. The summed E-state index contributed by atoms with van der Waals surface area (Å²) in [6.45, 7) is 11.1. The maximum Gasteiger partial charge on any atom is 0.411 e. The van der Waals surface area contributed by atoms with Gasteiger partial charge in [-0.1, -0.05) is 23.2 Å². The highest BCUT2D eigenvalue weighted by Gasteiger charge is 2.44. The Labute approximate surface area is 251 Å². The molecule has 13 heteroatoms. The summed E-state index contributed by atoms with van der Waals surface area (Å²) < 4.78 is 16.7. The van der Waals surface area contributed by atoms with Crippen LogP contribution in [0.15, 0.2) is 18.2 Å². The molecular weight excluding hydrogens is 575 g/mol. The Morgan fingerprint density at radius 1 is 0.927 bits per heavy atom. The van der Waals surface area contributed by atoms with Gasteiger partial charge < -0.3 is 29.7 Å². The molecule has 1 aromatic rings. The van der Waals surface area contributed by atoms with Crippen molar-refractivity contribution in [2.45, 2.75) is 90.2 Å². The molecule has 2 N–H and O–H groups in total. The van der Waals surface area contributed by atoms with Crippen LogP contribution >= 0.6 is 23.2 Å². The summed E-state index contributed by atoms with van der Waals surface area (Å²) in [6, 6.07) is 3.71. The lowest BCUT2D eigenvalue weighted by Gasteiger charge is -2.35. The molecular formula is C28H40Cl2N4O7. The number of carbonyl (C=O) groups excluding carboxylic acids is 4. The van der Waals surface area contributed by atoms with Crippen LogP contribution in [0.1, 0.15) is 60.8 Å². The van der Waals surface area contributed by atoms with E-state index in [-0.39, 0.29) is 31.5 Å². The Morgan fingerprint density at radius 3 is 2.07 bits per heavy atom. The van der Waals surface area contributed by atoms with Gasteiger partial charge in [-0.2, -0.15) is 0 Å². The summed E-state index contributed by atoms with van der Waals surface area (Å²) >= 11 is 12.1. The van der Waals surface area contributed by atoms with E-state index in [1.807, 2.05) is 0 Å². The molecule has 1 unspecified atom stereocenters. The van der Waals surface area contributed by atoms with Crippen LogP contribution in [0.5, 0.6) is 5.75 Å². The third-order valence-electron chi connectivity index (χ3n) is 6.26. The molecule has 2 saturated heterocycles. The topological polar surface area (TPSA) is 127 Å². The van der Waals surface area contributed by atoms with Crippen molar-refractivity contribution in [3.05, 3.63) is 28.2 Å². The zero-order valence-corrected chi connectivity index (χ0v) is 25.9. The van der Waals surface area contributed by atoms with E-state index >= 15 is 0 Å². The summed E-state index contributed by atoms with van der Waals surface area (Å²) in [5.74, 6) is -0.111. The van der Waals surface area contributed by atoms with Crippen molar-refractivity contribution in [3.8, 4) is 5.75 Å². The van der Waals surface area contributed by atoms with Crippen LogP contribution in [-0.4, -0.2) is 89.4 Å². The molecule has 0 saturated carbocycles. The SMILES string of the molecule is CC(C)(C)OC(=O)NCC(=O)NC1C[C@H](C(=O)N2CCC(Oc3cc(Cl)cc(Cl)c3)CC2)N(C(=O)OC(C)(C)C)C1. The number of hydrogen-bond acceptors (Lipinski definition) is 7. The second-order valence-corrected chi connectivity index (χ2v) is 13.1. The van der Waals surface area contributed by atoms with E-state index in [2.05, 4.69) is 10.6 Å². The first kappa shape index (κ1) is 32.6. The lowest BCUT2D eigenvalue weighted by atomic mass is 10.0. The van der Waals surface area contributed by atoms with Crippen molar-refractivity contribution < 1.29 is 33.4 Å². The largest absolute Gasteiger partial charge is 0.490 e. The average Bonchev–Trinajstić information content (AvgIpc) is 3.24. The second-order valence-electron chi connectivity index (χ2n) is 12.3. The van der Waals surface area contributed by atoms with Gasteiger partial charge in [-0.15, -0.1) is 0 Å². The molecule has 11 nitrogen and oxygen atoms in total. The number of alkyl carbamates (subject to hydrolysis) is 1. The number of halogens is 2. The van der Waals surface area contributed by atoms with Crippen LogP contribution < -0.4 is 15.4 Å². The minimum Gasteiger partial charge on any atom is -0.490 e. The van der Waals surface area contributed by atoms with Crippen LogP contribution in [0.4, 0.5) is 9.59 Å². The minimum absolute atomic E-state index is 0.0958.